The van der Waals surface area contributed by atoms with Crippen molar-refractivity contribution in [1.29, 1.82) is 0 Å². The maximum Gasteiger partial charge on any atom is 0.248 e. The fourth-order valence-corrected chi connectivity index (χ4v) is 2.29. The van der Waals surface area contributed by atoms with E-state index in [1.165, 1.54) is 0 Å². The number of ether oxygens (including phenoxy) is 1. The van der Waals surface area contributed by atoms with Gasteiger partial charge >= 0.3 is 0 Å². The molecule has 0 spiro atoms. The normalized spacial score (nSPS) is 19.3. The number of hydrogen-bond donors (Lipinski definition) is 1. The van der Waals surface area contributed by atoms with Crippen molar-refractivity contribution in [3.8, 4) is 0 Å². The second-order valence-electron chi connectivity index (χ2n) is 4.69. The Morgan fingerprint density at radius 1 is 1.37 bits per heavy atom. The van der Waals surface area contributed by atoms with Gasteiger partial charge in [0, 0.05) is 26.2 Å². The molecule has 0 radical (unpaired) electrons. The fraction of sp³-hybridized carbons (Fsp3) is 0.846. The highest BCUT2D eigenvalue weighted by Crippen LogP contribution is 2.13. The summed E-state index contributed by atoms with van der Waals surface area (Å²) in [4.78, 5) is 26.8. The van der Waals surface area contributed by atoms with Crippen LogP contribution in [0.1, 0.15) is 26.7 Å². The van der Waals surface area contributed by atoms with Crippen molar-refractivity contribution in [2.75, 3.05) is 39.3 Å². The predicted octanol–water partition coefficient (Wildman–Crippen LogP) is -0.179. The molecule has 1 atom stereocenters. The van der Waals surface area contributed by atoms with E-state index in [1.807, 2.05) is 13.8 Å². The van der Waals surface area contributed by atoms with E-state index in [4.69, 9.17) is 10.5 Å². The lowest BCUT2D eigenvalue weighted by Crippen LogP contribution is -2.46. The van der Waals surface area contributed by atoms with E-state index in [0.29, 0.717) is 19.6 Å². The smallest absolute Gasteiger partial charge is 0.248 e. The van der Waals surface area contributed by atoms with Gasteiger partial charge in [0.05, 0.1) is 12.6 Å². The summed E-state index contributed by atoms with van der Waals surface area (Å²) in [5, 5.41) is 0. The van der Waals surface area contributed by atoms with Gasteiger partial charge in [0.1, 0.15) is 6.61 Å². The van der Waals surface area contributed by atoms with Gasteiger partial charge in [-0.3, -0.25) is 9.59 Å². The number of likely N-dealkylation sites (N-methyl/N-ethyl adjacent to an activating group) is 1. The van der Waals surface area contributed by atoms with Gasteiger partial charge in [0.2, 0.25) is 11.8 Å². The van der Waals surface area contributed by atoms with Gasteiger partial charge in [-0.25, -0.2) is 0 Å². The Hall–Kier alpha value is -1.14. The Bertz CT molecular complexity index is 306. The zero-order valence-corrected chi connectivity index (χ0v) is 11.9. The summed E-state index contributed by atoms with van der Waals surface area (Å²) in [5.41, 5.74) is 5.35. The topological polar surface area (TPSA) is 75.9 Å². The largest absolute Gasteiger partial charge is 0.367 e. The van der Waals surface area contributed by atoms with Crippen LogP contribution in [0.2, 0.25) is 0 Å². The summed E-state index contributed by atoms with van der Waals surface area (Å²) in [6.45, 7) is 6.69. The van der Waals surface area contributed by atoms with Crippen molar-refractivity contribution >= 4 is 11.8 Å². The van der Waals surface area contributed by atoms with Gasteiger partial charge in [0.25, 0.3) is 0 Å². The quantitative estimate of drug-likeness (QED) is 0.727. The molecule has 0 bridgehead atoms. The average Bonchev–Trinajstić information content (AvgIpc) is 2.45. The molecule has 1 heterocycles. The molecule has 1 fully saturated rings. The van der Waals surface area contributed by atoms with Gasteiger partial charge in [-0.2, -0.15) is 0 Å². The Balaban J connectivity index is 2.36. The SMILES string of the molecule is CCN(CC)C(=O)COC1CCCN(C(=O)CN)C1. The minimum Gasteiger partial charge on any atom is -0.367 e. The summed E-state index contributed by atoms with van der Waals surface area (Å²) in [6.07, 6.45) is 1.74. The number of carbonyl (C=O) groups excluding carboxylic acids is 2. The zero-order chi connectivity index (χ0) is 14.3. The number of nitrogens with two attached hydrogens (primary N) is 1. The van der Waals surface area contributed by atoms with Crippen molar-refractivity contribution < 1.29 is 14.3 Å². The van der Waals surface area contributed by atoms with Crippen molar-refractivity contribution in [2.24, 2.45) is 5.73 Å². The van der Waals surface area contributed by atoms with Crippen molar-refractivity contribution in [3.63, 3.8) is 0 Å². The zero-order valence-electron chi connectivity index (χ0n) is 11.9. The Morgan fingerprint density at radius 3 is 2.63 bits per heavy atom. The summed E-state index contributed by atoms with van der Waals surface area (Å²) in [6, 6.07) is 0. The molecule has 0 saturated carbocycles. The van der Waals surface area contributed by atoms with Crippen LogP contribution in [0.3, 0.4) is 0 Å². The molecule has 1 aliphatic rings. The van der Waals surface area contributed by atoms with E-state index >= 15 is 0 Å². The third-order valence-electron chi connectivity index (χ3n) is 3.46. The molecule has 6 heteroatoms. The maximum absolute atomic E-state index is 11.8. The van der Waals surface area contributed by atoms with Gasteiger partial charge in [-0.15, -0.1) is 0 Å². The second-order valence-corrected chi connectivity index (χ2v) is 4.69. The van der Waals surface area contributed by atoms with Crippen LogP contribution in [0.25, 0.3) is 0 Å². The van der Waals surface area contributed by atoms with Crippen molar-refractivity contribution in [3.05, 3.63) is 0 Å². The van der Waals surface area contributed by atoms with Crippen LogP contribution in [0.15, 0.2) is 0 Å². The Kier molecular flexibility index (Phi) is 6.80. The van der Waals surface area contributed by atoms with Gasteiger partial charge in [-0.05, 0) is 26.7 Å². The van der Waals surface area contributed by atoms with Gasteiger partial charge in [0.15, 0.2) is 0 Å². The summed E-state index contributed by atoms with van der Waals surface area (Å²) in [7, 11) is 0. The molecule has 0 aliphatic carbocycles. The fourth-order valence-electron chi connectivity index (χ4n) is 2.29. The molecule has 0 aromatic heterocycles. The molecule has 110 valence electrons. The number of likely N-dealkylation sites (tertiary alicyclic amines) is 1. The highest BCUT2D eigenvalue weighted by Gasteiger charge is 2.24. The molecule has 1 saturated heterocycles. The molecule has 1 unspecified atom stereocenters. The second kappa shape index (κ2) is 8.12. The predicted molar refractivity (Wildman–Crippen MR) is 72.5 cm³/mol. The van der Waals surface area contributed by atoms with Crippen LogP contribution in [0.5, 0.6) is 0 Å². The number of carbonyl (C=O) groups is 2. The molecular weight excluding hydrogens is 246 g/mol. The van der Waals surface area contributed by atoms with Crippen LogP contribution in [-0.4, -0.2) is 67.0 Å². The number of rotatable bonds is 6. The van der Waals surface area contributed by atoms with Crippen LogP contribution < -0.4 is 5.73 Å². The van der Waals surface area contributed by atoms with E-state index < -0.39 is 0 Å². The summed E-state index contributed by atoms with van der Waals surface area (Å²) >= 11 is 0. The van der Waals surface area contributed by atoms with Gasteiger partial charge in [-0.1, -0.05) is 0 Å². The third kappa shape index (κ3) is 4.80. The first-order valence-electron chi connectivity index (χ1n) is 6.99. The lowest BCUT2D eigenvalue weighted by atomic mass is 10.1. The molecular formula is C13H25N3O3. The molecule has 0 aromatic carbocycles. The van der Waals surface area contributed by atoms with Crippen LogP contribution >= 0.6 is 0 Å². The highest BCUT2D eigenvalue weighted by atomic mass is 16.5. The monoisotopic (exact) mass is 271 g/mol. The number of piperidine rings is 1. The standard InChI is InChI=1S/C13H25N3O3/c1-3-15(4-2)13(18)10-19-11-6-5-7-16(9-11)12(17)8-14/h11H,3-10,14H2,1-2H3. The lowest BCUT2D eigenvalue weighted by Gasteiger charge is -2.32. The van der Waals surface area contributed by atoms with Crippen molar-refractivity contribution in [1.82, 2.24) is 9.80 Å². The first-order valence-corrected chi connectivity index (χ1v) is 6.99. The minimum atomic E-state index is -0.0524. The van der Waals surface area contributed by atoms with Crippen LogP contribution in [0.4, 0.5) is 0 Å². The third-order valence-corrected chi connectivity index (χ3v) is 3.46. The Labute approximate surface area is 114 Å². The number of nitrogens with zero attached hydrogens (tertiary/aromatic N) is 2. The summed E-state index contributed by atoms with van der Waals surface area (Å²) in [5.74, 6) is -0.0457. The number of amides is 2. The van der Waals surface area contributed by atoms with Crippen LogP contribution in [0, 0.1) is 0 Å². The Morgan fingerprint density at radius 2 is 2.05 bits per heavy atom. The van der Waals surface area contributed by atoms with E-state index in [-0.39, 0.29) is 31.1 Å². The minimum absolute atomic E-state index is 0.00674. The molecule has 6 nitrogen and oxygen atoms in total. The molecule has 2 amide bonds. The lowest BCUT2D eigenvalue weighted by molar-refractivity contribution is -0.141. The average molecular weight is 271 g/mol. The molecule has 19 heavy (non-hydrogen) atoms. The maximum atomic E-state index is 11.8. The van der Waals surface area contributed by atoms with E-state index in [0.717, 1.165) is 19.4 Å². The van der Waals surface area contributed by atoms with E-state index in [1.54, 1.807) is 9.80 Å². The van der Waals surface area contributed by atoms with E-state index in [2.05, 4.69) is 0 Å². The molecule has 1 aliphatic heterocycles. The molecule has 1 rings (SSSR count). The first kappa shape index (κ1) is 15.9. The highest BCUT2D eigenvalue weighted by molar-refractivity contribution is 5.78. The van der Waals surface area contributed by atoms with Gasteiger partial charge < -0.3 is 20.3 Å². The number of hydrogen-bond acceptors (Lipinski definition) is 4. The van der Waals surface area contributed by atoms with E-state index in [9.17, 15) is 9.59 Å². The molecule has 2 N–H and O–H groups in total. The van der Waals surface area contributed by atoms with Crippen LogP contribution in [-0.2, 0) is 14.3 Å². The molecule has 0 aromatic rings. The van der Waals surface area contributed by atoms with Crippen molar-refractivity contribution in [2.45, 2.75) is 32.8 Å². The first-order chi connectivity index (χ1) is 9.12. The summed E-state index contributed by atoms with van der Waals surface area (Å²) < 4.78 is 5.63.